The van der Waals surface area contributed by atoms with E-state index in [1.165, 1.54) is 12.1 Å². The van der Waals surface area contributed by atoms with Gasteiger partial charge in [0.1, 0.15) is 5.82 Å². The minimum absolute atomic E-state index is 0.00167. The van der Waals surface area contributed by atoms with Crippen molar-refractivity contribution in [1.29, 1.82) is 0 Å². The van der Waals surface area contributed by atoms with Gasteiger partial charge in [-0.1, -0.05) is 11.6 Å². The van der Waals surface area contributed by atoms with Crippen LogP contribution >= 0.6 is 11.6 Å². The van der Waals surface area contributed by atoms with Crippen molar-refractivity contribution in [1.82, 2.24) is 4.90 Å². The summed E-state index contributed by atoms with van der Waals surface area (Å²) in [5.41, 5.74) is 6.56. The predicted molar refractivity (Wildman–Crippen MR) is 63.0 cm³/mol. The van der Waals surface area contributed by atoms with Crippen LogP contribution in [0.4, 0.5) is 4.39 Å². The zero-order valence-electron chi connectivity index (χ0n) is 8.95. The van der Waals surface area contributed by atoms with Gasteiger partial charge in [-0.25, -0.2) is 4.39 Å². The van der Waals surface area contributed by atoms with Crippen LogP contribution in [-0.4, -0.2) is 23.9 Å². The monoisotopic (exact) mass is 241 g/mol. The van der Waals surface area contributed by atoms with Crippen molar-refractivity contribution in [3.8, 4) is 0 Å². The lowest BCUT2D eigenvalue weighted by Crippen LogP contribution is -2.35. The Hall–Kier alpha value is -1.29. The van der Waals surface area contributed by atoms with Gasteiger partial charge < -0.3 is 10.6 Å². The Morgan fingerprint density at radius 2 is 2.31 bits per heavy atom. The highest BCUT2D eigenvalue weighted by Gasteiger charge is 2.26. The summed E-state index contributed by atoms with van der Waals surface area (Å²) in [6, 6.07) is 4.53. The molecule has 0 bridgehead atoms. The van der Waals surface area contributed by atoms with Crippen molar-refractivity contribution in [3.63, 3.8) is 0 Å². The average molecular weight is 242 g/mol. The second-order valence-corrected chi connectivity index (χ2v) is 4.14. The van der Waals surface area contributed by atoms with E-state index in [1.807, 2.05) is 11.8 Å². The molecule has 3 nitrogen and oxygen atoms in total. The quantitative estimate of drug-likeness (QED) is 0.862. The SMILES string of the molecule is CCN1C(N)=NCC1c1cc(F)cc(Cl)c1. The molecule has 2 rings (SSSR count). The predicted octanol–water partition coefficient (Wildman–Crippen LogP) is 2.17. The van der Waals surface area contributed by atoms with E-state index in [2.05, 4.69) is 4.99 Å². The molecule has 1 aromatic rings. The van der Waals surface area contributed by atoms with E-state index in [0.717, 1.165) is 12.1 Å². The van der Waals surface area contributed by atoms with Crippen LogP contribution in [-0.2, 0) is 0 Å². The molecule has 0 aliphatic carbocycles. The summed E-state index contributed by atoms with van der Waals surface area (Å²) in [4.78, 5) is 6.10. The molecule has 1 atom stereocenters. The van der Waals surface area contributed by atoms with E-state index in [1.54, 1.807) is 6.07 Å². The number of guanidine groups is 1. The molecule has 1 unspecified atom stereocenters. The van der Waals surface area contributed by atoms with Gasteiger partial charge in [-0.3, -0.25) is 4.99 Å². The number of hydrogen-bond donors (Lipinski definition) is 1. The summed E-state index contributed by atoms with van der Waals surface area (Å²) in [5, 5.41) is 0.400. The van der Waals surface area contributed by atoms with Gasteiger partial charge in [0.25, 0.3) is 0 Å². The number of halogens is 2. The van der Waals surface area contributed by atoms with Crippen molar-refractivity contribution in [2.24, 2.45) is 10.7 Å². The van der Waals surface area contributed by atoms with Gasteiger partial charge in [-0.2, -0.15) is 0 Å². The maximum Gasteiger partial charge on any atom is 0.191 e. The Bertz CT molecular complexity index is 413. The molecule has 2 N–H and O–H groups in total. The van der Waals surface area contributed by atoms with Crippen LogP contribution < -0.4 is 5.73 Å². The topological polar surface area (TPSA) is 41.6 Å². The Morgan fingerprint density at radius 1 is 1.56 bits per heavy atom. The molecule has 1 aliphatic heterocycles. The zero-order chi connectivity index (χ0) is 11.7. The van der Waals surface area contributed by atoms with Crippen molar-refractivity contribution >= 4 is 17.6 Å². The Kier molecular flexibility index (Phi) is 3.01. The fraction of sp³-hybridized carbons (Fsp3) is 0.364. The molecule has 1 aromatic carbocycles. The molecule has 0 radical (unpaired) electrons. The fourth-order valence-corrected chi connectivity index (χ4v) is 2.19. The van der Waals surface area contributed by atoms with Gasteiger partial charge in [-0.05, 0) is 30.7 Å². The first-order valence-corrected chi connectivity index (χ1v) is 5.52. The highest BCUT2D eigenvalue weighted by Crippen LogP contribution is 2.27. The van der Waals surface area contributed by atoms with Gasteiger partial charge in [-0.15, -0.1) is 0 Å². The van der Waals surface area contributed by atoms with Gasteiger partial charge in [0, 0.05) is 11.6 Å². The second-order valence-electron chi connectivity index (χ2n) is 3.70. The highest BCUT2D eigenvalue weighted by atomic mass is 35.5. The normalized spacial score (nSPS) is 20.1. The van der Waals surface area contributed by atoms with Gasteiger partial charge >= 0.3 is 0 Å². The number of aliphatic imine (C=N–C) groups is 1. The molecule has 5 heteroatoms. The first-order chi connectivity index (χ1) is 7.61. The lowest BCUT2D eigenvalue weighted by molar-refractivity contribution is 0.363. The summed E-state index contributed by atoms with van der Waals surface area (Å²) in [7, 11) is 0. The molecular weight excluding hydrogens is 229 g/mol. The van der Waals surface area contributed by atoms with Crippen molar-refractivity contribution < 1.29 is 4.39 Å². The maximum atomic E-state index is 13.2. The van der Waals surface area contributed by atoms with Crippen LogP contribution in [0.25, 0.3) is 0 Å². The van der Waals surface area contributed by atoms with E-state index >= 15 is 0 Å². The minimum Gasteiger partial charge on any atom is -0.370 e. The maximum absolute atomic E-state index is 13.2. The smallest absolute Gasteiger partial charge is 0.191 e. The van der Waals surface area contributed by atoms with Crippen LogP contribution in [0.3, 0.4) is 0 Å². The van der Waals surface area contributed by atoms with Crippen molar-refractivity contribution in [2.45, 2.75) is 13.0 Å². The number of rotatable bonds is 2. The van der Waals surface area contributed by atoms with Crippen LogP contribution in [0.1, 0.15) is 18.5 Å². The first kappa shape index (κ1) is 11.2. The van der Waals surface area contributed by atoms with Gasteiger partial charge in [0.05, 0.1) is 12.6 Å². The molecule has 0 aromatic heterocycles. The zero-order valence-corrected chi connectivity index (χ0v) is 9.71. The third kappa shape index (κ3) is 1.97. The van der Waals surface area contributed by atoms with Gasteiger partial charge in [0.2, 0.25) is 0 Å². The van der Waals surface area contributed by atoms with E-state index in [0.29, 0.717) is 17.5 Å². The number of hydrogen-bond acceptors (Lipinski definition) is 3. The Morgan fingerprint density at radius 3 is 2.94 bits per heavy atom. The molecule has 0 amide bonds. The van der Waals surface area contributed by atoms with Gasteiger partial charge in [0.15, 0.2) is 5.96 Å². The number of nitrogens with two attached hydrogens (primary N) is 1. The third-order valence-electron chi connectivity index (χ3n) is 2.71. The van der Waals surface area contributed by atoms with E-state index in [9.17, 15) is 4.39 Å². The van der Waals surface area contributed by atoms with Crippen molar-refractivity contribution in [3.05, 3.63) is 34.6 Å². The highest BCUT2D eigenvalue weighted by molar-refractivity contribution is 6.30. The van der Waals surface area contributed by atoms with Crippen LogP contribution in [0, 0.1) is 5.82 Å². The molecule has 86 valence electrons. The van der Waals surface area contributed by atoms with Crippen LogP contribution in [0.2, 0.25) is 5.02 Å². The number of likely N-dealkylation sites (N-methyl/N-ethyl adjacent to an activating group) is 1. The molecule has 0 saturated heterocycles. The second kappa shape index (κ2) is 4.29. The lowest BCUT2D eigenvalue weighted by atomic mass is 10.1. The summed E-state index contributed by atoms with van der Waals surface area (Å²) in [5.74, 6) is 0.178. The summed E-state index contributed by atoms with van der Waals surface area (Å²) < 4.78 is 13.2. The average Bonchev–Trinajstić information content (AvgIpc) is 2.58. The molecule has 1 heterocycles. The Balaban J connectivity index is 2.31. The molecular formula is C11H13ClFN3. The fourth-order valence-electron chi connectivity index (χ4n) is 1.96. The standard InChI is InChI=1S/C11H13ClFN3/c1-2-16-10(6-15-11(16)14)7-3-8(12)5-9(13)4-7/h3-5,10H,2,6H2,1H3,(H2,14,15). The Labute approximate surface area is 98.7 Å². The largest absolute Gasteiger partial charge is 0.370 e. The lowest BCUT2D eigenvalue weighted by Gasteiger charge is -2.25. The summed E-state index contributed by atoms with van der Waals surface area (Å²) in [6.07, 6.45) is 0. The molecule has 0 spiro atoms. The molecule has 16 heavy (non-hydrogen) atoms. The van der Waals surface area contributed by atoms with Crippen LogP contribution in [0.5, 0.6) is 0 Å². The summed E-state index contributed by atoms with van der Waals surface area (Å²) >= 11 is 5.83. The van der Waals surface area contributed by atoms with E-state index in [-0.39, 0.29) is 11.9 Å². The minimum atomic E-state index is -0.330. The van der Waals surface area contributed by atoms with Crippen LogP contribution in [0.15, 0.2) is 23.2 Å². The number of benzene rings is 1. The third-order valence-corrected chi connectivity index (χ3v) is 2.93. The van der Waals surface area contributed by atoms with E-state index < -0.39 is 0 Å². The summed E-state index contributed by atoms with van der Waals surface area (Å²) in [6.45, 7) is 3.29. The van der Waals surface area contributed by atoms with E-state index in [4.69, 9.17) is 17.3 Å². The first-order valence-electron chi connectivity index (χ1n) is 5.14. The molecule has 1 aliphatic rings. The molecule has 0 saturated carbocycles. The molecule has 0 fully saturated rings. The number of nitrogens with zero attached hydrogens (tertiary/aromatic N) is 2. The van der Waals surface area contributed by atoms with Crippen molar-refractivity contribution in [2.75, 3.05) is 13.1 Å².